The van der Waals surface area contributed by atoms with Gasteiger partial charge < -0.3 is 10.0 Å². The van der Waals surface area contributed by atoms with Crippen LogP contribution < -0.4 is 0 Å². The predicted octanol–water partition coefficient (Wildman–Crippen LogP) is 0.877. The minimum atomic E-state index is -0.706. The predicted molar refractivity (Wildman–Crippen MR) is 60.0 cm³/mol. The first-order valence-corrected chi connectivity index (χ1v) is 5.78. The Hall–Kier alpha value is -0.610. The summed E-state index contributed by atoms with van der Waals surface area (Å²) in [4.78, 5) is 15.2. The maximum atomic E-state index is 10.7. The van der Waals surface area contributed by atoms with Gasteiger partial charge in [-0.15, -0.1) is 0 Å². The molecular weight excluding hydrogens is 192 g/mol. The van der Waals surface area contributed by atoms with Crippen molar-refractivity contribution in [2.45, 2.75) is 32.2 Å². The fraction of sp³-hybridized carbons (Fsp3) is 0.909. The van der Waals surface area contributed by atoms with Crippen LogP contribution in [0.1, 0.15) is 26.2 Å². The molecule has 4 nitrogen and oxygen atoms in total. The third-order valence-electron chi connectivity index (χ3n) is 3.05. The van der Waals surface area contributed by atoms with E-state index in [1.807, 2.05) is 0 Å². The fourth-order valence-corrected chi connectivity index (χ4v) is 2.21. The Kier molecular flexibility index (Phi) is 5.05. The average Bonchev–Trinajstić information content (AvgIpc) is 2.17. The Bertz CT molecular complexity index is 201. The Morgan fingerprint density at radius 1 is 1.47 bits per heavy atom. The van der Waals surface area contributed by atoms with Gasteiger partial charge in [-0.05, 0) is 45.9 Å². The van der Waals surface area contributed by atoms with Gasteiger partial charge >= 0.3 is 5.97 Å². The topological polar surface area (TPSA) is 43.8 Å². The molecule has 88 valence electrons. The van der Waals surface area contributed by atoms with Gasteiger partial charge in [0.2, 0.25) is 0 Å². The van der Waals surface area contributed by atoms with Crippen LogP contribution in [-0.4, -0.2) is 60.1 Å². The highest BCUT2D eigenvalue weighted by Crippen LogP contribution is 2.15. The van der Waals surface area contributed by atoms with Crippen molar-refractivity contribution >= 4 is 5.97 Å². The highest BCUT2D eigenvalue weighted by Gasteiger charge is 2.23. The summed E-state index contributed by atoms with van der Waals surface area (Å²) in [5, 5.41) is 8.84. The van der Waals surface area contributed by atoms with Gasteiger partial charge in [0.15, 0.2) is 0 Å². The van der Waals surface area contributed by atoms with E-state index in [-0.39, 0.29) is 6.54 Å². The number of hydrogen-bond donors (Lipinski definition) is 1. The van der Waals surface area contributed by atoms with Crippen LogP contribution in [0.25, 0.3) is 0 Å². The van der Waals surface area contributed by atoms with E-state index >= 15 is 0 Å². The standard InChI is InChI=1S/C11H22N2O2/c1-3-6-13(9-11(14)15)10-4-7-12(2)8-5-10/h10H,3-9H2,1-2H3,(H,14,15). The number of aliphatic carboxylic acids is 1. The largest absolute Gasteiger partial charge is 0.480 e. The highest BCUT2D eigenvalue weighted by atomic mass is 16.4. The third kappa shape index (κ3) is 4.18. The second-order valence-corrected chi connectivity index (χ2v) is 4.40. The Morgan fingerprint density at radius 2 is 2.07 bits per heavy atom. The van der Waals surface area contributed by atoms with E-state index in [9.17, 15) is 4.79 Å². The highest BCUT2D eigenvalue weighted by molar-refractivity contribution is 5.69. The van der Waals surface area contributed by atoms with Crippen LogP contribution in [0.2, 0.25) is 0 Å². The van der Waals surface area contributed by atoms with Crippen molar-refractivity contribution in [2.24, 2.45) is 0 Å². The van der Waals surface area contributed by atoms with Crippen LogP contribution in [0.4, 0.5) is 0 Å². The third-order valence-corrected chi connectivity index (χ3v) is 3.05. The summed E-state index contributed by atoms with van der Waals surface area (Å²) >= 11 is 0. The summed E-state index contributed by atoms with van der Waals surface area (Å²) < 4.78 is 0. The van der Waals surface area contributed by atoms with E-state index in [1.165, 1.54) is 0 Å². The molecule has 0 spiro atoms. The molecule has 0 bridgehead atoms. The van der Waals surface area contributed by atoms with E-state index in [2.05, 4.69) is 23.8 Å². The Balaban J connectivity index is 2.44. The van der Waals surface area contributed by atoms with Gasteiger partial charge in [0.1, 0.15) is 0 Å². The van der Waals surface area contributed by atoms with E-state index < -0.39 is 5.97 Å². The lowest BCUT2D eigenvalue weighted by Crippen LogP contribution is -2.45. The van der Waals surface area contributed by atoms with Crippen LogP contribution in [-0.2, 0) is 4.79 Å². The molecule has 0 atom stereocenters. The quantitative estimate of drug-likeness (QED) is 0.738. The summed E-state index contributed by atoms with van der Waals surface area (Å²) in [6.45, 7) is 5.38. The zero-order valence-corrected chi connectivity index (χ0v) is 9.78. The first-order chi connectivity index (χ1) is 7.13. The van der Waals surface area contributed by atoms with Crippen LogP contribution in [0, 0.1) is 0 Å². The minimum absolute atomic E-state index is 0.197. The van der Waals surface area contributed by atoms with E-state index in [1.54, 1.807) is 0 Å². The van der Waals surface area contributed by atoms with E-state index in [0.717, 1.165) is 38.9 Å². The summed E-state index contributed by atoms with van der Waals surface area (Å²) in [6.07, 6.45) is 3.23. The number of carboxylic acid groups (broad SMARTS) is 1. The van der Waals surface area contributed by atoms with Gasteiger partial charge in [0.05, 0.1) is 6.54 Å². The van der Waals surface area contributed by atoms with Crippen molar-refractivity contribution < 1.29 is 9.90 Å². The molecule has 1 aliphatic rings. The number of nitrogens with zero attached hydrogens (tertiary/aromatic N) is 2. The maximum Gasteiger partial charge on any atom is 0.317 e. The molecule has 1 N–H and O–H groups in total. The van der Waals surface area contributed by atoms with Crippen LogP contribution in [0.5, 0.6) is 0 Å². The van der Waals surface area contributed by atoms with Gasteiger partial charge in [-0.25, -0.2) is 0 Å². The molecule has 0 saturated carbocycles. The van der Waals surface area contributed by atoms with Crippen molar-refractivity contribution in [2.75, 3.05) is 33.2 Å². The van der Waals surface area contributed by atoms with Gasteiger partial charge in [-0.3, -0.25) is 9.69 Å². The molecule has 1 aliphatic heterocycles. The van der Waals surface area contributed by atoms with Gasteiger partial charge in [0, 0.05) is 6.04 Å². The molecule has 1 saturated heterocycles. The van der Waals surface area contributed by atoms with Gasteiger partial charge in [-0.2, -0.15) is 0 Å². The Labute approximate surface area is 91.9 Å². The number of carboxylic acids is 1. The fourth-order valence-electron chi connectivity index (χ4n) is 2.21. The monoisotopic (exact) mass is 214 g/mol. The number of hydrogen-bond acceptors (Lipinski definition) is 3. The molecule has 4 heteroatoms. The molecule has 1 fully saturated rings. The smallest absolute Gasteiger partial charge is 0.317 e. The summed E-state index contributed by atoms with van der Waals surface area (Å²) in [7, 11) is 2.12. The number of likely N-dealkylation sites (tertiary alicyclic amines) is 1. The normalized spacial score (nSPS) is 19.7. The Morgan fingerprint density at radius 3 is 2.53 bits per heavy atom. The summed E-state index contributed by atoms with van der Waals surface area (Å²) in [5.74, 6) is -0.706. The van der Waals surface area contributed by atoms with Crippen molar-refractivity contribution in [3.8, 4) is 0 Å². The van der Waals surface area contributed by atoms with E-state index in [4.69, 9.17) is 5.11 Å². The first-order valence-electron chi connectivity index (χ1n) is 5.78. The molecule has 15 heavy (non-hydrogen) atoms. The molecule has 0 amide bonds. The molecule has 1 heterocycles. The molecule has 0 aliphatic carbocycles. The van der Waals surface area contributed by atoms with Crippen LogP contribution >= 0.6 is 0 Å². The zero-order valence-electron chi connectivity index (χ0n) is 9.78. The minimum Gasteiger partial charge on any atom is -0.480 e. The first kappa shape index (κ1) is 12.5. The van der Waals surface area contributed by atoms with Crippen molar-refractivity contribution in [1.29, 1.82) is 0 Å². The lowest BCUT2D eigenvalue weighted by Gasteiger charge is -2.36. The molecule has 0 aromatic rings. The summed E-state index contributed by atoms with van der Waals surface area (Å²) in [5.41, 5.74) is 0. The molecule has 0 radical (unpaired) electrons. The van der Waals surface area contributed by atoms with Crippen molar-refractivity contribution in [1.82, 2.24) is 9.80 Å². The van der Waals surface area contributed by atoms with Gasteiger partial charge in [0.25, 0.3) is 0 Å². The van der Waals surface area contributed by atoms with Crippen LogP contribution in [0.3, 0.4) is 0 Å². The average molecular weight is 214 g/mol. The maximum absolute atomic E-state index is 10.7. The molecule has 1 rings (SSSR count). The molecule has 0 aromatic heterocycles. The van der Waals surface area contributed by atoms with E-state index in [0.29, 0.717) is 6.04 Å². The van der Waals surface area contributed by atoms with Crippen LogP contribution in [0.15, 0.2) is 0 Å². The number of rotatable bonds is 5. The number of piperidine rings is 1. The lowest BCUT2D eigenvalue weighted by molar-refractivity contribution is -0.139. The summed E-state index contributed by atoms with van der Waals surface area (Å²) in [6, 6.07) is 0.470. The molecule has 0 aromatic carbocycles. The zero-order chi connectivity index (χ0) is 11.3. The SMILES string of the molecule is CCCN(CC(=O)O)C1CCN(C)CC1. The van der Waals surface area contributed by atoms with Gasteiger partial charge in [-0.1, -0.05) is 6.92 Å². The molecule has 0 unspecified atom stereocenters. The second kappa shape index (κ2) is 6.08. The number of carbonyl (C=O) groups is 1. The van der Waals surface area contributed by atoms with Crippen molar-refractivity contribution in [3.05, 3.63) is 0 Å². The second-order valence-electron chi connectivity index (χ2n) is 4.40. The lowest BCUT2D eigenvalue weighted by atomic mass is 10.0. The van der Waals surface area contributed by atoms with Crippen molar-refractivity contribution in [3.63, 3.8) is 0 Å². The molecular formula is C11H22N2O2.